The number of benzene rings is 3. The van der Waals surface area contributed by atoms with Gasteiger partial charge in [0.15, 0.2) is 0 Å². The van der Waals surface area contributed by atoms with Gasteiger partial charge in [0.25, 0.3) is 10.0 Å². The summed E-state index contributed by atoms with van der Waals surface area (Å²) in [5.74, 6) is -0.923. The van der Waals surface area contributed by atoms with Gasteiger partial charge in [-0.2, -0.15) is 0 Å². The van der Waals surface area contributed by atoms with Crippen LogP contribution >= 0.6 is 46.4 Å². The molecule has 224 valence electrons. The zero-order valence-corrected chi connectivity index (χ0v) is 26.7. The van der Waals surface area contributed by atoms with E-state index < -0.39 is 28.5 Å². The molecule has 0 saturated heterocycles. The second-order valence-electron chi connectivity index (χ2n) is 10.1. The Kier molecular flexibility index (Phi) is 11.1. The monoisotopic (exact) mass is 669 g/mol. The van der Waals surface area contributed by atoms with Crippen molar-refractivity contribution in [1.29, 1.82) is 0 Å². The molecule has 1 unspecified atom stereocenters. The summed E-state index contributed by atoms with van der Waals surface area (Å²) in [6.07, 6.45) is 4.07. The van der Waals surface area contributed by atoms with Gasteiger partial charge in [0, 0.05) is 38.2 Å². The molecule has 3 aromatic rings. The highest BCUT2D eigenvalue weighted by Crippen LogP contribution is 2.30. The van der Waals surface area contributed by atoms with E-state index in [4.69, 9.17) is 46.4 Å². The fraction of sp³-hybridized carbons (Fsp3) is 0.333. The number of rotatable bonds is 11. The van der Waals surface area contributed by atoms with Gasteiger partial charge in [-0.3, -0.25) is 13.9 Å². The maximum Gasteiger partial charge on any atom is 0.264 e. The van der Waals surface area contributed by atoms with Gasteiger partial charge in [-0.1, -0.05) is 78.3 Å². The first kappa shape index (κ1) is 32.4. The predicted molar refractivity (Wildman–Crippen MR) is 169 cm³/mol. The SMILES string of the molecule is CCC(C(=O)NC1CCCC1)N(Cc1c(Cl)cccc1Cl)C(=O)CN(c1cccc(Cl)c1)S(=O)(=O)c1ccc(Cl)cc1. The van der Waals surface area contributed by atoms with Gasteiger partial charge in [-0.15, -0.1) is 0 Å². The minimum absolute atomic E-state index is 0.0284. The van der Waals surface area contributed by atoms with Gasteiger partial charge in [0.1, 0.15) is 12.6 Å². The molecular formula is C30H31Cl4N3O4S. The lowest BCUT2D eigenvalue weighted by molar-refractivity contribution is -0.140. The molecule has 1 saturated carbocycles. The molecule has 12 heteroatoms. The third kappa shape index (κ3) is 7.71. The summed E-state index contributed by atoms with van der Waals surface area (Å²) in [6, 6.07) is 16.0. The van der Waals surface area contributed by atoms with Crippen LogP contribution in [0.5, 0.6) is 0 Å². The van der Waals surface area contributed by atoms with E-state index >= 15 is 0 Å². The molecule has 1 atom stereocenters. The van der Waals surface area contributed by atoms with Crippen molar-refractivity contribution in [1.82, 2.24) is 10.2 Å². The molecule has 1 aliphatic carbocycles. The molecule has 42 heavy (non-hydrogen) atoms. The zero-order chi connectivity index (χ0) is 30.4. The fourth-order valence-corrected chi connectivity index (χ4v) is 7.27. The first-order valence-corrected chi connectivity index (χ1v) is 16.5. The Hall–Kier alpha value is -2.49. The molecular weight excluding hydrogens is 640 g/mol. The van der Waals surface area contributed by atoms with Crippen molar-refractivity contribution in [2.45, 2.75) is 62.6 Å². The van der Waals surface area contributed by atoms with Crippen LogP contribution in [0.25, 0.3) is 0 Å². The number of halogens is 4. The van der Waals surface area contributed by atoms with Gasteiger partial charge < -0.3 is 10.2 Å². The molecule has 1 fully saturated rings. The number of hydrogen-bond donors (Lipinski definition) is 1. The maximum atomic E-state index is 14.2. The van der Waals surface area contributed by atoms with Crippen molar-refractivity contribution in [3.63, 3.8) is 0 Å². The van der Waals surface area contributed by atoms with Crippen molar-refractivity contribution in [2.24, 2.45) is 0 Å². The zero-order valence-electron chi connectivity index (χ0n) is 22.9. The highest BCUT2D eigenvalue weighted by Gasteiger charge is 2.35. The van der Waals surface area contributed by atoms with Gasteiger partial charge in [-0.25, -0.2) is 8.42 Å². The first-order valence-electron chi connectivity index (χ1n) is 13.6. The summed E-state index contributed by atoms with van der Waals surface area (Å²) in [4.78, 5) is 29.1. The molecule has 2 amide bonds. The lowest BCUT2D eigenvalue weighted by Gasteiger charge is -2.34. The van der Waals surface area contributed by atoms with E-state index in [9.17, 15) is 18.0 Å². The molecule has 4 rings (SSSR count). The number of anilines is 1. The number of carbonyl (C=O) groups is 2. The van der Waals surface area contributed by atoms with E-state index in [1.54, 1.807) is 43.3 Å². The van der Waals surface area contributed by atoms with Crippen LogP contribution in [-0.2, 0) is 26.2 Å². The molecule has 0 spiro atoms. The number of nitrogens with zero attached hydrogens (tertiary/aromatic N) is 2. The lowest BCUT2D eigenvalue weighted by Crippen LogP contribution is -2.53. The lowest BCUT2D eigenvalue weighted by atomic mass is 10.1. The van der Waals surface area contributed by atoms with Crippen LogP contribution < -0.4 is 9.62 Å². The van der Waals surface area contributed by atoms with Crippen LogP contribution in [0.4, 0.5) is 5.69 Å². The van der Waals surface area contributed by atoms with Crippen LogP contribution in [0.1, 0.15) is 44.6 Å². The maximum absolute atomic E-state index is 14.2. The van der Waals surface area contributed by atoms with Crippen molar-refractivity contribution >= 4 is 73.9 Å². The van der Waals surface area contributed by atoms with Gasteiger partial charge in [-0.05, 0) is 73.9 Å². The second-order valence-corrected chi connectivity index (χ2v) is 13.6. The number of nitrogens with one attached hydrogen (secondary N) is 1. The normalized spacial score (nSPS) is 14.4. The summed E-state index contributed by atoms with van der Waals surface area (Å²) in [5, 5.41) is 4.38. The van der Waals surface area contributed by atoms with Crippen LogP contribution in [0, 0.1) is 0 Å². The standard InChI is InChI=1S/C30H31Cl4N3O4S/c1-2-28(30(39)35-22-8-3-4-9-22)36(18-25-26(33)11-6-12-27(25)34)29(38)19-37(23-10-5-7-21(32)17-23)42(40,41)24-15-13-20(31)14-16-24/h5-7,10-17,22,28H,2-4,8-9,18-19H2,1H3,(H,35,39). The smallest absolute Gasteiger partial charge is 0.264 e. The van der Waals surface area contributed by atoms with Crippen LogP contribution in [-0.4, -0.2) is 43.8 Å². The van der Waals surface area contributed by atoms with Crippen molar-refractivity contribution in [3.05, 3.63) is 92.4 Å². The van der Waals surface area contributed by atoms with E-state index in [1.807, 2.05) is 0 Å². The van der Waals surface area contributed by atoms with Crippen LogP contribution in [0.3, 0.4) is 0 Å². The summed E-state index contributed by atoms with van der Waals surface area (Å²) < 4.78 is 28.8. The third-order valence-corrected chi connectivity index (χ3v) is 10.2. The van der Waals surface area contributed by atoms with Crippen molar-refractivity contribution in [3.8, 4) is 0 Å². The first-order chi connectivity index (χ1) is 20.0. The van der Waals surface area contributed by atoms with E-state index in [-0.39, 0.29) is 35.5 Å². The molecule has 0 heterocycles. The Morgan fingerprint density at radius 1 is 0.905 bits per heavy atom. The van der Waals surface area contributed by atoms with Gasteiger partial charge in [0.2, 0.25) is 11.8 Å². The fourth-order valence-electron chi connectivity index (χ4n) is 5.03. The molecule has 1 aliphatic rings. The molecule has 0 bridgehead atoms. The minimum Gasteiger partial charge on any atom is -0.352 e. The van der Waals surface area contributed by atoms with E-state index in [0.717, 1.165) is 30.0 Å². The number of sulfonamides is 1. The molecule has 7 nitrogen and oxygen atoms in total. The Morgan fingerprint density at radius 3 is 2.12 bits per heavy atom. The van der Waals surface area contributed by atoms with Gasteiger partial charge >= 0.3 is 0 Å². The largest absolute Gasteiger partial charge is 0.352 e. The average Bonchev–Trinajstić information content (AvgIpc) is 3.46. The number of hydrogen-bond acceptors (Lipinski definition) is 4. The predicted octanol–water partition coefficient (Wildman–Crippen LogP) is 7.36. The average molecular weight is 671 g/mol. The Morgan fingerprint density at radius 2 is 1.52 bits per heavy atom. The second kappa shape index (κ2) is 14.3. The van der Waals surface area contributed by atoms with Crippen LogP contribution in [0.2, 0.25) is 20.1 Å². The summed E-state index contributed by atoms with van der Waals surface area (Å²) in [7, 11) is -4.26. The Bertz CT molecular complexity index is 1510. The highest BCUT2D eigenvalue weighted by molar-refractivity contribution is 7.92. The Balaban J connectivity index is 1.75. The van der Waals surface area contributed by atoms with Crippen molar-refractivity contribution < 1.29 is 18.0 Å². The highest BCUT2D eigenvalue weighted by atomic mass is 35.5. The van der Waals surface area contributed by atoms with E-state index in [2.05, 4.69) is 5.32 Å². The summed E-state index contributed by atoms with van der Waals surface area (Å²) >= 11 is 25.2. The molecule has 1 N–H and O–H groups in total. The molecule has 0 aliphatic heterocycles. The van der Waals surface area contributed by atoms with E-state index in [1.165, 1.54) is 35.2 Å². The Labute approximate surface area is 266 Å². The molecule has 3 aromatic carbocycles. The van der Waals surface area contributed by atoms with Gasteiger partial charge in [0.05, 0.1) is 10.6 Å². The number of amides is 2. The molecule has 0 radical (unpaired) electrons. The van der Waals surface area contributed by atoms with E-state index in [0.29, 0.717) is 25.7 Å². The van der Waals surface area contributed by atoms with Crippen molar-refractivity contribution in [2.75, 3.05) is 10.8 Å². The third-order valence-electron chi connectivity index (χ3n) is 7.25. The minimum atomic E-state index is -4.26. The molecule has 0 aromatic heterocycles. The summed E-state index contributed by atoms with van der Waals surface area (Å²) in [6.45, 7) is 1.09. The number of carbonyl (C=O) groups excluding carboxylic acids is 2. The summed E-state index contributed by atoms with van der Waals surface area (Å²) in [5.41, 5.74) is 0.640. The quantitative estimate of drug-likeness (QED) is 0.231. The van der Waals surface area contributed by atoms with Crippen LogP contribution in [0.15, 0.2) is 71.6 Å². The topological polar surface area (TPSA) is 86.8 Å².